The van der Waals surface area contributed by atoms with E-state index in [0.29, 0.717) is 6.54 Å². The van der Waals surface area contributed by atoms with Crippen LogP contribution in [0.25, 0.3) is 0 Å². The quantitative estimate of drug-likeness (QED) is 0.846. The number of carbonyl (C=O) groups excluding carboxylic acids is 1. The first-order chi connectivity index (χ1) is 10.7. The van der Waals surface area contributed by atoms with Crippen molar-refractivity contribution < 1.29 is 9.53 Å². The van der Waals surface area contributed by atoms with Gasteiger partial charge in [-0.05, 0) is 44.0 Å². The third-order valence-corrected chi connectivity index (χ3v) is 4.81. The maximum absolute atomic E-state index is 12.6. The van der Waals surface area contributed by atoms with E-state index in [9.17, 15) is 4.79 Å². The molecular weight excluding hydrogens is 278 g/mol. The molecule has 0 aromatic carbocycles. The third kappa shape index (κ3) is 3.65. The van der Waals surface area contributed by atoms with Gasteiger partial charge in [-0.3, -0.25) is 14.7 Å². The van der Waals surface area contributed by atoms with Crippen molar-refractivity contribution in [2.24, 2.45) is 5.41 Å². The van der Waals surface area contributed by atoms with Gasteiger partial charge in [-0.1, -0.05) is 0 Å². The number of rotatable bonds is 4. The zero-order valence-corrected chi connectivity index (χ0v) is 13.3. The van der Waals surface area contributed by atoms with Crippen molar-refractivity contribution in [3.05, 3.63) is 30.1 Å². The Morgan fingerprint density at radius 2 is 2.23 bits per heavy atom. The van der Waals surface area contributed by atoms with Crippen LogP contribution in [-0.2, 0) is 16.1 Å². The Balaban J connectivity index is 1.52. The van der Waals surface area contributed by atoms with Crippen LogP contribution in [0, 0.1) is 5.41 Å². The predicted octanol–water partition coefficient (Wildman–Crippen LogP) is 1.54. The smallest absolute Gasteiger partial charge is 0.236 e. The Kier molecular flexibility index (Phi) is 4.74. The van der Waals surface area contributed by atoms with E-state index in [1.807, 2.05) is 24.1 Å². The number of carbonyl (C=O) groups is 1. The molecule has 3 rings (SSSR count). The first-order valence-electron chi connectivity index (χ1n) is 8.10. The zero-order chi connectivity index (χ0) is 15.4. The van der Waals surface area contributed by atoms with Crippen molar-refractivity contribution in [2.45, 2.75) is 25.8 Å². The first-order valence-corrected chi connectivity index (χ1v) is 8.10. The fourth-order valence-corrected chi connectivity index (χ4v) is 3.58. The van der Waals surface area contributed by atoms with E-state index in [1.54, 1.807) is 12.4 Å². The van der Waals surface area contributed by atoms with Gasteiger partial charge in [-0.2, -0.15) is 0 Å². The Morgan fingerprint density at radius 1 is 1.41 bits per heavy atom. The van der Waals surface area contributed by atoms with E-state index < -0.39 is 0 Å². The number of likely N-dealkylation sites (tertiary alicyclic amines) is 1. The number of hydrogen-bond acceptors (Lipinski definition) is 4. The van der Waals surface area contributed by atoms with Crippen LogP contribution in [-0.4, -0.2) is 60.6 Å². The van der Waals surface area contributed by atoms with Gasteiger partial charge in [0.15, 0.2) is 0 Å². The van der Waals surface area contributed by atoms with Gasteiger partial charge in [0.25, 0.3) is 0 Å². The average Bonchev–Trinajstić information content (AvgIpc) is 2.96. The summed E-state index contributed by atoms with van der Waals surface area (Å²) in [5.41, 5.74) is 1.42. The fourth-order valence-electron chi connectivity index (χ4n) is 3.58. The van der Waals surface area contributed by atoms with E-state index in [-0.39, 0.29) is 11.3 Å². The molecule has 1 amide bonds. The number of ether oxygens (including phenoxy) is 1. The van der Waals surface area contributed by atoms with E-state index in [2.05, 4.69) is 9.88 Å². The van der Waals surface area contributed by atoms with Crippen LogP contribution in [0.15, 0.2) is 24.5 Å². The summed E-state index contributed by atoms with van der Waals surface area (Å²) in [6, 6.07) is 3.99. The average molecular weight is 303 g/mol. The lowest BCUT2D eigenvalue weighted by Crippen LogP contribution is -2.49. The molecule has 2 saturated heterocycles. The summed E-state index contributed by atoms with van der Waals surface area (Å²) in [7, 11) is 2.00. The predicted molar refractivity (Wildman–Crippen MR) is 84.3 cm³/mol. The number of amides is 1. The Hall–Kier alpha value is -1.46. The summed E-state index contributed by atoms with van der Waals surface area (Å²) in [4.78, 5) is 20.7. The van der Waals surface area contributed by atoms with Crippen LogP contribution in [0.4, 0.5) is 0 Å². The van der Waals surface area contributed by atoms with Crippen LogP contribution in [0.2, 0.25) is 0 Å². The summed E-state index contributed by atoms with van der Waals surface area (Å²) < 4.78 is 5.57. The summed E-state index contributed by atoms with van der Waals surface area (Å²) >= 11 is 0. The number of hydrogen-bond donors (Lipinski definition) is 0. The van der Waals surface area contributed by atoms with Gasteiger partial charge in [0.1, 0.15) is 0 Å². The lowest BCUT2D eigenvalue weighted by molar-refractivity contribution is -0.135. The van der Waals surface area contributed by atoms with Crippen molar-refractivity contribution in [3.8, 4) is 0 Å². The van der Waals surface area contributed by atoms with Crippen molar-refractivity contribution in [1.82, 2.24) is 14.8 Å². The maximum Gasteiger partial charge on any atom is 0.236 e. The second kappa shape index (κ2) is 6.75. The molecule has 1 aromatic heterocycles. The van der Waals surface area contributed by atoms with E-state index >= 15 is 0 Å². The molecule has 0 saturated carbocycles. The SMILES string of the molecule is CN(CC(=O)N1CCC[C@]2(CCOC2)C1)Cc1ccncc1. The molecule has 1 aromatic rings. The highest BCUT2D eigenvalue weighted by Crippen LogP contribution is 2.37. The minimum atomic E-state index is 0.234. The van der Waals surface area contributed by atoms with Crippen LogP contribution in [0.3, 0.4) is 0 Å². The molecule has 0 aliphatic carbocycles. The third-order valence-electron chi connectivity index (χ3n) is 4.81. The van der Waals surface area contributed by atoms with Crippen molar-refractivity contribution in [1.29, 1.82) is 0 Å². The summed E-state index contributed by atoms with van der Waals surface area (Å²) in [5, 5.41) is 0. The monoisotopic (exact) mass is 303 g/mol. The second-order valence-electron chi connectivity index (χ2n) is 6.75. The van der Waals surface area contributed by atoms with Crippen molar-refractivity contribution in [3.63, 3.8) is 0 Å². The molecule has 22 heavy (non-hydrogen) atoms. The normalized spacial score (nSPS) is 25.1. The molecule has 0 unspecified atom stereocenters. The van der Waals surface area contributed by atoms with Gasteiger partial charge in [0, 0.05) is 44.0 Å². The van der Waals surface area contributed by atoms with E-state index in [0.717, 1.165) is 45.7 Å². The molecule has 1 atom stereocenters. The highest BCUT2D eigenvalue weighted by Gasteiger charge is 2.40. The molecule has 5 heteroatoms. The summed E-state index contributed by atoms with van der Waals surface area (Å²) in [5.74, 6) is 0.238. The van der Waals surface area contributed by atoms with Gasteiger partial charge in [-0.25, -0.2) is 0 Å². The molecule has 2 aliphatic rings. The topological polar surface area (TPSA) is 45.7 Å². The molecule has 3 heterocycles. The van der Waals surface area contributed by atoms with Crippen LogP contribution in [0.5, 0.6) is 0 Å². The van der Waals surface area contributed by atoms with Crippen molar-refractivity contribution >= 4 is 5.91 Å². The number of piperidine rings is 1. The number of nitrogens with zero attached hydrogens (tertiary/aromatic N) is 3. The van der Waals surface area contributed by atoms with Crippen LogP contribution in [0.1, 0.15) is 24.8 Å². The Morgan fingerprint density at radius 3 is 2.95 bits per heavy atom. The highest BCUT2D eigenvalue weighted by molar-refractivity contribution is 5.78. The van der Waals surface area contributed by atoms with Crippen LogP contribution >= 0.6 is 0 Å². The standard InChI is InChI=1S/C17H25N3O2/c1-19(11-15-3-7-18-8-4-15)12-16(21)20-9-2-5-17(13-20)6-10-22-14-17/h3-4,7-8H,2,5-6,9-14H2,1H3/t17-/m0/s1. The number of likely N-dealkylation sites (N-methyl/N-ethyl adjacent to an activating group) is 1. The lowest BCUT2D eigenvalue weighted by atomic mass is 9.79. The molecule has 0 bridgehead atoms. The molecule has 2 aliphatic heterocycles. The molecule has 2 fully saturated rings. The van der Waals surface area contributed by atoms with Crippen molar-refractivity contribution in [2.75, 3.05) is 39.9 Å². The molecule has 5 nitrogen and oxygen atoms in total. The second-order valence-corrected chi connectivity index (χ2v) is 6.75. The van der Waals surface area contributed by atoms with Gasteiger partial charge in [0.05, 0.1) is 13.2 Å². The largest absolute Gasteiger partial charge is 0.381 e. The van der Waals surface area contributed by atoms with Crippen LogP contribution < -0.4 is 0 Å². The first kappa shape index (κ1) is 15.4. The van der Waals surface area contributed by atoms with Gasteiger partial charge < -0.3 is 9.64 Å². The molecule has 1 spiro atoms. The van der Waals surface area contributed by atoms with E-state index in [1.165, 1.54) is 12.0 Å². The number of aromatic nitrogens is 1. The molecular formula is C17H25N3O2. The molecule has 0 radical (unpaired) electrons. The lowest BCUT2D eigenvalue weighted by Gasteiger charge is -2.40. The summed E-state index contributed by atoms with van der Waals surface area (Å²) in [6.45, 7) is 4.68. The van der Waals surface area contributed by atoms with Gasteiger partial charge >= 0.3 is 0 Å². The van der Waals surface area contributed by atoms with Gasteiger partial charge in [0.2, 0.25) is 5.91 Å². The highest BCUT2D eigenvalue weighted by atomic mass is 16.5. The molecule has 120 valence electrons. The Labute approximate surface area is 132 Å². The zero-order valence-electron chi connectivity index (χ0n) is 13.3. The number of pyridine rings is 1. The van der Waals surface area contributed by atoms with E-state index in [4.69, 9.17) is 4.74 Å². The maximum atomic E-state index is 12.6. The minimum Gasteiger partial charge on any atom is -0.381 e. The fraction of sp³-hybridized carbons (Fsp3) is 0.647. The van der Waals surface area contributed by atoms with Gasteiger partial charge in [-0.15, -0.1) is 0 Å². The minimum absolute atomic E-state index is 0.234. The summed E-state index contributed by atoms with van der Waals surface area (Å²) in [6.07, 6.45) is 6.98. The molecule has 0 N–H and O–H groups in total. The Bertz CT molecular complexity index is 500.